The fourth-order valence-corrected chi connectivity index (χ4v) is 1.91. The summed E-state index contributed by atoms with van der Waals surface area (Å²) in [5.41, 5.74) is 0. The van der Waals surface area contributed by atoms with Crippen molar-refractivity contribution in [3.8, 4) is 0 Å². The molecule has 0 aliphatic heterocycles. The van der Waals surface area contributed by atoms with Crippen molar-refractivity contribution in [1.82, 2.24) is 4.31 Å². The van der Waals surface area contributed by atoms with Crippen molar-refractivity contribution in [2.75, 3.05) is 13.6 Å². The number of likely N-dealkylation sites (N-methyl/N-ethyl adjacent to an activating group) is 1. The minimum absolute atomic E-state index is 0.129. The summed E-state index contributed by atoms with van der Waals surface area (Å²) in [6.07, 6.45) is -6.83. The summed E-state index contributed by atoms with van der Waals surface area (Å²) in [5.74, 6) is -8.89. The van der Waals surface area contributed by atoms with Crippen LogP contribution in [0.5, 0.6) is 0 Å². The Morgan fingerprint density at radius 3 is 1.74 bits per heavy atom. The lowest BCUT2D eigenvalue weighted by atomic mass is 10.3. The highest BCUT2D eigenvalue weighted by molar-refractivity contribution is 7.90. The van der Waals surface area contributed by atoms with Crippen LogP contribution in [0.2, 0.25) is 0 Å². The molecule has 0 unspecified atom stereocenters. The maximum atomic E-state index is 12.9. The molecule has 0 bridgehead atoms. The van der Waals surface area contributed by atoms with E-state index in [-0.39, 0.29) is 7.05 Å². The van der Waals surface area contributed by atoms with Crippen molar-refractivity contribution < 1.29 is 49.1 Å². The lowest BCUT2D eigenvalue weighted by Gasteiger charge is -2.30. The molecule has 0 aromatic carbocycles. The highest BCUT2D eigenvalue weighted by atomic mass is 32.2. The van der Waals surface area contributed by atoms with E-state index in [1.54, 1.807) is 0 Å². The van der Waals surface area contributed by atoms with E-state index < -0.39 is 44.2 Å². The van der Waals surface area contributed by atoms with Crippen LogP contribution in [0.15, 0.2) is 0 Å². The molecule has 0 aromatic rings. The quantitative estimate of drug-likeness (QED) is 0.770. The third kappa shape index (κ3) is 2.91. The van der Waals surface area contributed by atoms with Gasteiger partial charge in [0.2, 0.25) is 0 Å². The standard InChI is InChI=1S/C6H6F7NO4S/c1-14(2-3(15)16)19(17,18)6(12,13)4(7,8)5(9,10)11/h2H2,1H3,(H,15,16). The molecule has 0 fully saturated rings. The topological polar surface area (TPSA) is 74.7 Å². The highest BCUT2D eigenvalue weighted by Crippen LogP contribution is 2.49. The number of hydrogen-bond donors (Lipinski definition) is 1. The zero-order valence-electron chi connectivity index (χ0n) is 8.88. The first kappa shape index (κ1) is 17.9. The first-order valence-electron chi connectivity index (χ1n) is 4.09. The highest BCUT2D eigenvalue weighted by Gasteiger charge is 2.79. The molecular weight excluding hydrogens is 315 g/mol. The molecule has 5 nitrogen and oxygen atoms in total. The average molecular weight is 321 g/mol. The monoisotopic (exact) mass is 321 g/mol. The van der Waals surface area contributed by atoms with Crippen LogP contribution in [0.1, 0.15) is 0 Å². The SMILES string of the molecule is CN(CC(=O)O)S(=O)(=O)C(F)(F)C(F)(F)C(F)(F)F. The van der Waals surface area contributed by atoms with E-state index in [1.807, 2.05) is 0 Å². The Morgan fingerprint density at radius 2 is 1.47 bits per heavy atom. The van der Waals surface area contributed by atoms with Crippen LogP contribution >= 0.6 is 0 Å². The number of carboxylic acid groups (broad SMARTS) is 1. The average Bonchev–Trinajstić information content (AvgIpc) is 2.13. The number of sulfonamides is 1. The van der Waals surface area contributed by atoms with Gasteiger partial charge >= 0.3 is 23.3 Å². The molecule has 0 aliphatic rings. The second kappa shape index (κ2) is 4.77. The van der Waals surface area contributed by atoms with E-state index >= 15 is 0 Å². The summed E-state index contributed by atoms with van der Waals surface area (Å²) in [6.45, 7) is -1.70. The molecule has 0 aromatic heterocycles. The largest absolute Gasteiger partial charge is 0.480 e. The number of hydrogen-bond acceptors (Lipinski definition) is 3. The van der Waals surface area contributed by atoms with Gasteiger partial charge in [-0.3, -0.25) is 4.79 Å². The molecule has 0 aliphatic carbocycles. The second-order valence-corrected chi connectivity index (χ2v) is 5.33. The summed E-state index contributed by atoms with van der Waals surface area (Å²) < 4.78 is 107. The molecule has 1 N–H and O–H groups in total. The van der Waals surface area contributed by atoms with E-state index in [0.29, 0.717) is 0 Å². The van der Waals surface area contributed by atoms with Crippen molar-refractivity contribution >= 4 is 16.0 Å². The zero-order valence-corrected chi connectivity index (χ0v) is 9.70. The Kier molecular flexibility index (Phi) is 4.49. The summed E-state index contributed by atoms with van der Waals surface area (Å²) in [6, 6.07) is 0. The van der Waals surface area contributed by atoms with Gasteiger partial charge in [-0.1, -0.05) is 0 Å². The molecule has 13 heteroatoms. The molecular formula is C6H6F7NO4S. The molecule has 0 atom stereocenters. The van der Waals surface area contributed by atoms with Crippen LogP contribution in [0.3, 0.4) is 0 Å². The Bertz CT molecular complexity index is 457. The van der Waals surface area contributed by atoms with Crippen LogP contribution in [-0.4, -0.2) is 54.7 Å². The van der Waals surface area contributed by atoms with Gasteiger partial charge in [0.25, 0.3) is 10.0 Å². The van der Waals surface area contributed by atoms with E-state index in [4.69, 9.17) is 5.11 Å². The van der Waals surface area contributed by atoms with E-state index in [1.165, 1.54) is 0 Å². The van der Waals surface area contributed by atoms with Gasteiger partial charge in [0, 0.05) is 7.05 Å². The summed E-state index contributed by atoms with van der Waals surface area (Å²) >= 11 is 0. The first-order chi connectivity index (χ1) is 8.09. The van der Waals surface area contributed by atoms with Crippen LogP contribution in [-0.2, 0) is 14.8 Å². The number of carbonyl (C=O) groups is 1. The van der Waals surface area contributed by atoms with Gasteiger partial charge in [0.1, 0.15) is 6.54 Å². The van der Waals surface area contributed by atoms with Crippen LogP contribution < -0.4 is 0 Å². The predicted octanol–water partition coefficient (Wildman–Crippen LogP) is 1.12. The third-order valence-electron chi connectivity index (χ3n) is 1.81. The van der Waals surface area contributed by atoms with Gasteiger partial charge < -0.3 is 5.11 Å². The van der Waals surface area contributed by atoms with Gasteiger partial charge in [0.15, 0.2) is 0 Å². The minimum atomic E-state index is -6.87. The van der Waals surface area contributed by atoms with Crippen molar-refractivity contribution in [1.29, 1.82) is 0 Å². The van der Waals surface area contributed by atoms with Gasteiger partial charge in [0.05, 0.1) is 0 Å². The van der Waals surface area contributed by atoms with Gasteiger partial charge in [-0.15, -0.1) is 0 Å². The molecule has 0 heterocycles. The molecule has 0 saturated heterocycles. The Balaban J connectivity index is 5.72. The zero-order chi connectivity index (χ0) is 15.9. The summed E-state index contributed by atoms with van der Waals surface area (Å²) in [7, 11) is -6.40. The van der Waals surface area contributed by atoms with Gasteiger partial charge in [-0.05, 0) is 0 Å². The molecule has 0 saturated carbocycles. The fourth-order valence-electron chi connectivity index (χ4n) is 0.798. The van der Waals surface area contributed by atoms with Crippen molar-refractivity contribution in [2.45, 2.75) is 17.4 Å². The predicted molar refractivity (Wildman–Crippen MR) is 45.1 cm³/mol. The smallest absolute Gasteiger partial charge is 0.461 e. The van der Waals surface area contributed by atoms with E-state index in [0.717, 1.165) is 0 Å². The third-order valence-corrected chi connectivity index (χ3v) is 3.67. The number of aliphatic carboxylic acids is 1. The van der Waals surface area contributed by atoms with Crippen LogP contribution in [0, 0.1) is 0 Å². The molecule has 0 radical (unpaired) electrons. The van der Waals surface area contributed by atoms with Crippen LogP contribution in [0.25, 0.3) is 0 Å². The molecule has 114 valence electrons. The second-order valence-electron chi connectivity index (χ2n) is 3.24. The molecule has 0 rings (SSSR count). The Labute approximate surface area is 101 Å². The molecule has 0 amide bonds. The Hall–Kier alpha value is -1.11. The fraction of sp³-hybridized carbons (Fsp3) is 0.833. The van der Waals surface area contributed by atoms with Gasteiger partial charge in [-0.25, -0.2) is 8.42 Å². The van der Waals surface area contributed by atoms with Crippen molar-refractivity contribution in [3.63, 3.8) is 0 Å². The van der Waals surface area contributed by atoms with E-state index in [9.17, 15) is 43.9 Å². The van der Waals surface area contributed by atoms with Crippen molar-refractivity contribution in [3.05, 3.63) is 0 Å². The molecule has 19 heavy (non-hydrogen) atoms. The van der Waals surface area contributed by atoms with Gasteiger partial charge in [-0.2, -0.15) is 35.0 Å². The lowest BCUT2D eigenvalue weighted by molar-refractivity contribution is -0.332. The normalized spacial score (nSPS) is 14.8. The van der Waals surface area contributed by atoms with Crippen molar-refractivity contribution in [2.24, 2.45) is 0 Å². The maximum absolute atomic E-state index is 12.9. The Morgan fingerprint density at radius 1 is 1.11 bits per heavy atom. The number of rotatable bonds is 5. The van der Waals surface area contributed by atoms with Crippen LogP contribution in [0.4, 0.5) is 30.7 Å². The maximum Gasteiger partial charge on any atom is 0.461 e. The minimum Gasteiger partial charge on any atom is -0.480 e. The summed E-state index contributed by atoms with van der Waals surface area (Å²) in [4.78, 5) is 10.1. The molecule has 0 spiro atoms. The summed E-state index contributed by atoms with van der Waals surface area (Å²) in [5, 5.41) is 1.58. The number of carboxylic acids is 1. The number of alkyl halides is 7. The number of halogens is 7. The first-order valence-corrected chi connectivity index (χ1v) is 5.53. The lowest BCUT2D eigenvalue weighted by Crippen LogP contribution is -2.59. The number of nitrogens with zero attached hydrogens (tertiary/aromatic N) is 1. The van der Waals surface area contributed by atoms with E-state index in [2.05, 4.69) is 0 Å².